The molecule has 0 aliphatic heterocycles. The average Bonchev–Trinajstić information content (AvgIpc) is 2.05. The zero-order chi connectivity index (χ0) is 9.90. The van der Waals surface area contributed by atoms with Crippen LogP contribution in [0.5, 0.6) is 0 Å². The molecule has 0 unspecified atom stereocenters. The van der Waals surface area contributed by atoms with E-state index in [-0.39, 0.29) is 11.5 Å². The number of hydrogen-bond acceptors (Lipinski definition) is 3. The highest BCUT2D eigenvalue weighted by Crippen LogP contribution is 2.12. The Hall–Kier alpha value is -0.870. The van der Waals surface area contributed by atoms with Crippen molar-refractivity contribution in [3.63, 3.8) is 0 Å². The summed E-state index contributed by atoms with van der Waals surface area (Å²) in [5.41, 5.74) is 1.02. The molecule has 4 heteroatoms. The summed E-state index contributed by atoms with van der Waals surface area (Å²) in [6.07, 6.45) is 0. The number of hydrogen-bond donors (Lipinski definition) is 0. The Bertz CT molecular complexity index is 364. The summed E-state index contributed by atoms with van der Waals surface area (Å²) < 4.78 is 27.3. The SMILES string of the molecule is C[11CH2]OS(=O)(=O)c1ccc(C)cc1. The number of aryl methyl sites for hydroxylation is 1. The van der Waals surface area contributed by atoms with E-state index < -0.39 is 10.1 Å². The van der Waals surface area contributed by atoms with Gasteiger partial charge in [0.2, 0.25) is 0 Å². The second kappa shape index (κ2) is 3.89. The molecule has 1 aromatic rings. The van der Waals surface area contributed by atoms with Crippen LogP contribution < -0.4 is 0 Å². The molecule has 3 nitrogen and oxygen atoms in total. The van der Waals surface area contributed by atoms with Gasteiger partial charge in [0.15, 0.2) is 0 Å². The Morgan fingerprint density at radius 2 is 1.77 bits per heavy atom. The van der Waals surface area contributed by atoms with Crippen LogP contribution in [0.3, 0.4) is 0 Å². The normalized spacial score (nSPS) is 11.5. The minimum Gasteiger partial charge on any atom is -0.267 e. The summed E-state index contributed by atoms with van der Waals surface area (Å²) in [5.74, 6) is 0. The highest BCUT2D eigenvalue weighted by molar-refractivity contribution is 7.86. The molecule has 0 heterocycles. The molecule has 0 spiro atoms. The summed E-state index contributed by atoms with van der Waals surface area (Å²) in [4.78, 5) is 0.208. The minimum atomic E-state index is -3.53. The first-order valence-electron chi connectivity index (χ1n) is 4.02. The van der Waals surface area contributed by atoms with Gasteiger partial charge in [-0.2, -0.15) is 8.42 Å². The lowest BCUT2D eigenvalue weighted by Crippen LogP contribution is -2.05. The van der Waals surface area contributed by atoms with E-state index in [2.05, 4.69) is 4.18 Å². The van der Waals surface area contributed by atoms with Crippen molar-refractivity contribution < 1.29 is 12.6 Å². The van der Waals surface area contributed by atoms with Crippen LogP contribution in [0.4, 0.5) is 0 Å². The highest BCUT2D eigenvalue weighted by Gasteiger charge is 2.12. The van der Waals surface area contributed by atoms with Crippen molar-refractivity contribution in [2.24, 2.45) is 0 Å². The van der Waals surface area contributed by atoms with E-state index >= 15 is 0 Å². The smallest absolute Gasteiger partial charge is 0.267 e. The van der Waals surface area contributed by atoms with Gasteiger partial charge in [0.1, 0.15) is 0 Å². The van der Waals surface area contributed by atoms with E-state index in [9.17, 15) is 8.42 Å². The maximum absolute atomic E-state index is 11.3. The summed E-state index contributed by atoms with van der Waals surface area (Å²) in [6, 6.07) is 6.57. The largest absolute Gasteiger partial charge is 0.296 e. The van der Waals surface area contributed by atoms with Crippen LogP contribution in [-0.2, 0) is 14.3 Å². The molecule has 0 fully saturated rings. The van der Waals surface area contributed by atoms with Crippen molar-refractivity contribution >= 4 is 10.1 Å². The predicted molar refractivity (Wildman–Crippen MR) is 50.0 cm³/mol. The minimum absolute atomic E-state index is 0.163. The first-order chi connectivity index (χ1) is 6.06. The molecule has 0 N–H and O–H groups in total. The lowest BCUT2D eigenvalue weighted by molar-refractivity contribution is 0.338. The Labute approximate surface area is 78.5 Å². The molecule has 72 valence electrons. The molecule has 0 saturated heterocycles. The number of benzene rings is 1. The van der Waals surface area contributed by atoms with E-state index in [4.69, 9.17) is 0 Å². The van der Waals surface area contributed by atoms with Gasteiger partial charge in [0.25, 0.3) is 10.1 Å². The lowest BCUT2D eigenvalue weighted by atomic mass is 10.2. The molecule has 0 saturated carbocycles. The Balaban J connectivity index is 3.02. The lowest BCUT2D eigenvalue weighted by Gasteiger charge is -2.02. The van der Waals surface area contributed by atoms with E-state index in [1.54, 1.807) is 31.2 Å². The summed E-state index contributed by atoms with van der Waals surface area (Å²) >= 11 is 0. The van der Waals surface area contributed by atoms with Crippen LogP contribution in [-0.4, -0.2) is 15.0 Å². The maximum atomic E-state index is 11.3. The van der Waals surface area contributed by atoms with E-state index in [1.807, 2.05) is 6.92 Å². The summed E-state index contributed by atoms with van der Waals surface area (Å²) in [6.45, 7) is 3.71. The molecule has 0 amide bonds. The van der Waals surface area contributed by atoms with Crippen molar-refractivity contribution in [3.05, 3.63) is 29.8 Å². The molecular formula is C9H12O3S. The summed E-state index contributed by atoms with van der Waals surface area (Å²) in [7, 11) is -3.53. The molecule has 0 bridgehead atoms. The summed E-state index contributed by atoms with van der Waals surface area (Å²) in [5, 5.41) is 0. The third-order valence-electron chi connectivity index (χ3n) is 1.58. The van der Waals surface area contributed by atoms with Crippen LogP contribution in [0.1, 0.15) is 12.5 Å². The van der Waals surface area contributed by atoms with Gasteiger partial charge in [0, 0.05) is 0 Å². The third kappa shape index (κ3) is 2.54. The van der Waals surface area contributed by atoms with Gasteiger partial charge in [0.05, 0.1) is 11.5 Å². The van der Waals surface area contributed by atoms with Crippen molar-refractivity contribution in [2.45, 2.75) is 18.7 Å². The molecule has 0 atom stereocenters. The van der Waals surface area contributed by atoms with Crippen molar-refractivity contribution in [1.29, 1.82) is 0 Å². The zero-order valence-corrected chi connectivity index (χ0v) is 8.47. The van der Waals surface area contributed by atoms with Crippen LogP contribution in [0.25, 0.3) is 0 Å². The van der Waals surface area contributed by atoms with Gasteiger partial charge in [-0.1, -0.05) is 17.7 Å². The molecule has 0 aliphatic rings. The fraction of sp³-hybridized carbons (Fsp3) is 0.333. The van der Waals surface area contributed by atoms with E-state index in [1.165, 1.54) is 0 Å². The van der Waals surface area contributed by atoms with Crippen molar-refractivity contribution in [3.8, 4) is 0 Å². The van der Waals surface area contributed by atoms with Gasteiger partial charge in [-0.15, -0.1) is 0 Å². The molecular weight excluding hydrogens is 187 g/mol. The van der Waals surface area contributed by atoms with Crippen LogP contribution in [0.2, 0.25) is 0 Å². The van der Waals surface area contributed by atoms with Crippen LogP contribution in [0, 0.1) is 6.92 Å². The van der Waals surface area contributed by atoms with Crippen LogP contribution in [0.15, 0.2) is 29.2 Å². The standard InChI is InChI=1S/C9H12O3S/c1-3-12-13(10,11)9-6-4-8(2)5-7-9/h4-7H,3H2,1-2H3/i3-1. The second-order valence-electron chi connectivity index (χ2n) is 2.67. The Morgan fingerprint density at radius 1 is 1.23 bits per heavy atom. The molecule has 1 rings (SSSR count). The van der Waals surface area contributed by atoms with Crippen molar-refractivity contribution in [2.75, 3.05) is 6.61 Å². The molecule has 13 heavy (non-hydrogen) atoms. The van der Waals surface area contributed by atoms with Gasteiger partial charge >= 0.3 is 0 Å². The fourth-order valence-corrected chi connectivity index (χ4v) is 1.84. The van der Waals surface area contributed by atoms with Gasteiger partial charge < -0.3 is 0 Å². The first-order valence-corrected chi connectivity index (χ1v) is 5.43. The third-order valence-corrected chi connectivity index (χ3v) is 2.98. The fourth-order valence-electron chi connectivity index (χ4n) is 0.928. The molecule has 1 aromatic carbocycles. The second-order valence-corrected chi connectivity index (χ2v) is 4.29. The van der Waals surface area contributed by atoms with Gasteiger partial charge in [-0.25, -0.2) is 0 Å². The van der Waals surface area contributed by atoms with Gasteiger partial charge in [-0.05, 0) is 26.0 Å². The van der Waals surface area contributed by atoms with E-state index in [0.717, 1.165) is 5.56 Å². The first kappa shape index (κ1) is 10.2. The molecule has 0 aliphatic carbocycles. The zero-order valence-electron chi connectivity index (χ0n) is 7.65. The Kier molecular flexibility index (Phi) is 3.06. The quantitative estimate of drug-likeness (QED) is 0.696. The maximum Gasteiger partial charge on any atom is 0.296 e. The topological polar surface area (TPSA) is 43.4 Å². The van der Waals surface area contributed by atoms with E-state index in [0.29, 0.717) is 0 Å². The monoisotopic (exact) mass is 199 g/mol. The van der Waals surface area contributed by atoms with Gasteiger partial charge in [-0.3, -0.25) is 4.18 Å². The highest BCUT2D eigenvalue weighted by atomic mass is 32.2. The average molecular weight is 199 g/mol. The predicted octanol–water partition coefficient (Wildman–Crippen LogP) is 1.72. The number of rotatable bonds is 3. The molecule has 0 aromatic heterocycles. The van der Waals surface area contributed by atoms with Crippen LogP contribution >= 0.6 is 0 Å². The Morgan fingerprint density at radius 3 is 2.23 bits per heavy atom. The van der Waals surface area contributed by atoms with Crippen molar-refractivity contribution in [1.82, 2.24) is 0 Å². The molecule has 0 radical (unpaired) electrons.